The van der Waals surface area contributed by atoms with E-state index in [9.17, 15) is 4.79 Å². The summed E-state index contributed by atoms with van der Waals surface area (Å²) >= 11 is 0. The van der Waals surface area contributed by atoms with E-state index >= 15 is 0 Å². The van der Waals surface area contributed by atoms with Crippen molar-refractivity contribution in [3.8, 4) is 23.1 Å². The second-order valence-corrected chi connectivity index (χ2v) is 9.31. The summed E-state index contributed by atoms with van der Waals surface area (Å²) in [5, 5.41) is 24.2. The van der Waals surface area contributed by atoms with Gasteiger partial charge in [0.15, 0.2) is 5.65 Å². The number of anilines is 1. The lowest BCUT2D eigenvalue weighted by Gasteiger charge is -2.39. The van der Waals surface area contributed by atoms with E-state index in [0.717, 1.165) is 36.6 Å². The number of ether oxygens (including phenoxy) is 1. The molecule has 188 valence electrons. The fraction of sp³-hybridized carbons (Fsp3) is 0.286. The fourth-order valence-electron chi connectivity index (χ4n) is 4.06. The highest BCUT2D eigenvalue weighted by Gasteiger charge is 2.27. The topological polar surface area (TPSA) is 116 Å². The van der Waals surface area contributed by atoms with E-state index in [1.165, 1.54) is 24.8 Å². The Hall–Kier alpha value is -4.42. The van der Waals surface area contributed by atoms with Gasteiger partial charge in [-0.15, -0.1) is 5.10 Å². The number of hydrogen-bond acceptors (Lipinski definition) is 6. The molecule has 2 N–H and O–H groups in total. The number of benzene rings is 2. The van der Waals surface area contributed by atoms with Crippen LogP contribution in [0.2, 0.25) is 0 Å². The molecule has 3 heterocycles. The predicted octanol–water partition coefficient (Wildman–Crippen LogP) is 5.04. The molecule has 2 aromatic carbocycles. The number of carbonyl (C=O) groups is 1. The lowest BCUT2D eigenvalue weighted by atomic mass is 9.99. The number of carboxylic acid groups (broad SMARTS) is 1. The van der Waals surface area contributed by atoms with Crippen molar-refractivity contribution < 1.29 is 14.6 Å². The van der Waals surface area contributed by atoms with Gasteiger partial charge in [-0.1, -0.05) is 49.6 Å². The molecule has 4 aromatic rings. The van der Waals surface area contributed by atoms with Crippen molar-refractivity contribution in [2.75, 3.05) is 25.0 Å². The number of nitrogens with one attached hydrogen (secondary N) is 1. The van der Waals surface area contributed by atoms with E-state index in [4.69, 9.17) is 15.1 Å². The summed E-state index contributed by atoms with van der Waals surface area (Å²) in [7, 11) is 0. The van der Waals surface area contributed by atoms with Crippen LogP contribution in [0.4, 0.5) is 10.7 Å². The number of amides is 1. The number of likely N-dealkylation sites (tertiary alicyclic amines) is 1. The van der Waals surface area contributed by atoms with Crippen LogP contribution in [0.25, 0.3) is 16.9 Å². The molecule has 1 saturated carbocycles. The number of pyridine rings is 1. The van der Waals surface area contributed by atoms with Crippen LogP contribution in [-0.4, -0.2) is 50.4 Å². The van der Waals surface area contributed by atoms with Crippen LogP contribution < -0.4 is 10.1 Å². The number of hydrogen-bond donors (Lipinski definition) is 2. The summed E-state index contributed by atoms with van der Waals surface area (Å²) in [6.07, 6.45) is 3.30. The van der Waals surface area contributed by atoms with Gasteiger partial charge in [0, 0.05) is 31.1 Å². The minimum atomic E-state index is -1.20. The molecule has 6 rings (SSSR count). The zero-order chi connectivity index (χ0) is 25.6. The molecule has 2 fully saturated rings. The second kappa shape index (κ2) is 11.1. The molecule has 1 saturated heterocycles. The standard InChI is InChI=1S/C25H22N6O3.C3H6/c26-12-17-6-10-21(11-7-17)34-16-19-14-30(15-19)13-18-4-8-20(9-5-18)22-2-1-3-23-27-24(28-25(32)33)29-31(22)23;1-2-3-1/h1-11,19H,13-16H2,(H,28,29)(H,32,33);1-3H2. The maximum Gasteiger partial charge on any atom is 0.411 e. The molecular weight excluding hydrogens is 468 g/mol. The number of rotatable bonds is 7. The van der Waals surface area contributed by atoms with Crippen LogP contribution >= 0.6 is 0 Å². The van der Waals surface area contributed by atoms with Gasteiger partial charge in [0.05, 0.1) is 23.9 Å². The Kier molecular flexibility index (Phi) is 7.28. The quantitative estimate of drug-likeness (QED) is 0.368. The summed E-state index contributed by atoms with van der Waals surface area (Å²) in [5.41, 5.74) is 4.22. The van der Waals surface area contributed by atoms with Crippen LogP contribution in [-0.2, 0) is 6.54 Å². The molecule has 0 spiro atoms. The number of aromatic nitrogens is 3. The second-order valence-electron chi connectivity index (χ2n) is 9.31. The van der Waals surface area contributed by atoms with Crippen LogP contribution in [0.5, 0.6) is 5.75 Å². The molecule has 1 aliphatic heterocycles. The van der Waals surface area contributed by atoms with Crippen molar-refractivity contribution in [3.63, 3.8) is 0 Å². The van der Waals surface area contributed by atoms with Gasteiger partial charge in [0.25, 0.3) is 5.95 Å². The largest absolute Gasteiger partial charge is 0.493 e. The minimum absolute atomic E-state index is 0.0482. The Bertz CT molecular complexity index is 1400. The van der Waals surface area contributed by atoms with Gasteiger partial charge < -0.3 is 9.84 Å². The van der Waals surface area contributed by atoms with Crippen LogP contribution in [0, 0.1) is 17.2 Å². The SMILES string of the molecule is C1CC1.N#Cc1ccc(OCC2CN(Cc3ccc(-c4cccc5nc(NC(=O)O)nn45)cc3)C2)cc1. The summed E-state index contributed by atoms with van der Waals surface area (Å²) in [6.45, 7) is 3.50. The maximum absolute atomic E-state index is 10.9. The van der Waals surface area contributed by atoms with E-state index in [1.54, 1.807) is 22.7 Å². The van der Waals surface area contributed by atoms with Crippen molar-refractivity contribution in [1.82, 2.24) is 19.5 Å². The average molecular weight is 497 g/mol. The van der Waals surface area contributed by atoms with Crippen molar-refractivity contribution in [2.24, 2.45) is 5.92 Å². The highest BCUT2D eigenvalue weighted by atomic mass is 16.5. The average Bonchev–Trinajstić information content (AvgIpc) is 3.72. The highest BCUT2D eigenvalue weighted by molar-refractivity contribution is 5.80. The Morgan fingerprint density at radius 1 is 1.05 bits per heavy atom. The first-order valence-corrected chi connectivity index (χ1v) is 12.4. The van der Waals surface area contributed by atoms with Gasteiger partial charge in [0.1, 0.15) is 5.75 Å². The normalized spacial score (nSPS) is 14.7. The van der Waals surface area contributed by atoms with Gasteiger partial charge in [-0.25, -0.2) is 9.31 Å². The number of nitriles is 1. The third-order valence-corrected chi connectivity index (χ3v) is 6.09. The van der Waals surface area contributed by atoms with E-state index in [0.29, 0.717) is 23.7 Å². The van der Waals surface area contributed by atoms with E-state index in [2.05, 4.69) is 38.5 Å². The molecular formula is C28H28N6O3. The fourth-order valence-corrected chi connectivity index (χ4v) is 4.06. The molecule has 9 nitrogen and oxygen atoms in total. The molecule has 2 aromatic heterocycles. The maximum atomic E-state index is 10.9. The molecule has 1 amide bonds. The zero-order valence-corrected chi connectivity index (χ0v) is 20.4. The molecule has 0 bridgehead atoms. The summed E-state index contributed by atoms with van der Waals surface area (Å²) in [5.74, 6) is 1.34. The lowest BCUT2D eigenvalue weighted by molar-refractivity contribution is 0.0558. The number of nitrogens with zero attached hydrogens (tertiary/aromatic N) is 5. The van der Waals surface area contributed by atoms with Crippen molar-refractivity contribution in [3.05, 3.63) is 77.9 Å². The van der Waals surface area contributed by atoms with E-state index in [-0.39, 0.29) is 5.95 Å². The molecule has 37 heavy (non-hydrogen) atoms. The van der Waals surface area contributed by atoms with Crippen molar-refractivity contribution >= 4 is 17.7 Å². The van der Waals surface area contributed by atoms with Gasteiger partial charge >= 0.3 is 6.09 Å². The van der Waals surface area contributed by atoms with E-state index < -0.39 is 6.09 Å². The smallest absolute Gasteiger partial charge is 0.411 e. The minimum Gasteiger partial charge on any atom is -0.493 e. The lowest BCUT2D eigenvalue weighted by Crippen LogP contribution is -2.48. The predicted molar refractivity (Wildman–Crippen MR) is 139 cm³/mol. The van der Waals surface area contributed by atoms with Gasteiger partial charge in [0.2, 0.25) is 0 Å². The third kappa shape index (κ3) is 6.42. The van der Waals surface area contributed by atoms with Crippen LogP contribution in [0.1, 0.15) is 30.4 Å². The highest BCUT2D eigenvalue weighted by Crippen LogP contribution is 2.24. The molecule has 0 atom stereocenters. The summed E-state index contributed by atoms with van der Waals surface area (Å²) in [6, 6.07) is 23.2. The summed E-state index contributed by atoms with van der Waals surface area (Å²) < 4.78 is 7.48. The van der Waals surface area contributed by atoms with Gasteiger partial charge in [-0.3, -0.25) is 10.2 Å². The first kappa shape index (κ1) is 24.3. The molecule has 9 heteroatoms. The van der Waals surface area contributed by atoms with E-state index in [1.807, 2.05) is 36.4 Å². The number of fused-ring (bicyclic) bond motifs is 1. The first-order valence-electron chi connectivity index (χ1n) is 12.4. The Labute approximate surface area is 214 Å². The van der Waals surface area contributed by atoms with Gasteiger partial charge in [-0.05, 0) is 42.0 Å². The molecule has 1 aliphatic carbocycles. The molecule has 0 unspecified atom stereocenters. The molecule has 2 aliphatic rings. The van der Waals surface area contributed by atoms with Crippen LogP contribution in [0.15, 0.2) is 66.7 Å². The van der Waals surface area contributed by atoms with Gasteiger partial charge in [-0.2, -0.15) is 10.2 Å². The third-order valence-electron chi connectivity index (χ3n) is 6.09. The van der Waals surface area contributed by atoms with Crippen molar-refractivity contribution in [1.29, 1.82) is 5.26 Å². The van der Waals surface area contributed by atoms with Crippen molar-refractivity contribution in [2.45, 2.75) is 25.8 Å². The zero-order valence-electron chi connectivity index (χ0n) is 20.4. The Morgan fingerprint density at radius 2 is 1.78 bits per heavy atom. The monoisotopic (exact) mass is 496 g/mol. The first-order chi connectivity index (χ1) is 18.1. The Morgan fingerprint density at radius 3 is 2.43 bits per heavy atom. The Balaban J connectivity index is 0.000000872. The molecule has 0 radical (unpaired) electrons. The van der Waals surface area contributed by atoms with Crippen LogP contribution in [0.3, 0.4) is 0 Å². The summed E-state index contributed by atoms with van der Waals surface area (Å²) in [4.78, 5) is 17.5.